The van der Waals surface area contributed by atoms with Gasteiger partial charge in [0, 0.05) is 11.4 Å². The van der Waals surface area contributed by atoms with E-state index in [2.05, 4.69) is 5.32 Å². The van der Waals surface area contributed by atoms with E-state index in [1.54, 1.807) is 11.8 Å². The molecule has 1 aliphatic rings. The first-order valence-electron chi connectivity index (χ1n) is 9.87. The Bertz CT molecular complexity index is 1060. The lowest BCUT2D eigenvalue weighted by Gasteiger charge is -2.27. The lowest BCUT2D eigenvalue weighted by Crippen LogP contribution is -2.31. The van der Waals surface area contributed by atoms with Crippen LogP contribution in [0.1, 0.15) is 18.5 Å². The van der Waals surface area contributed by atoms with E-state index in [1.807, 2.05) is 91.0 Å². The zero-order valence-electron chi connectivity index (χ0n) is 16.6. The van der Waals surface area contributed by atoms with Crippen LogP contribution in [-0.2, 0) is 14.3 Å². The molecule has 1 atom stereocenters. The molecule has 150 valence electrons. The highest BCUT2D eigenvalue weighted by Crippen LogP contribution is 2.41. The Morgan fingerprint density at radius 1 is 0.900 bits per heavy atom. The molecule has 1 amide bonds. The van der Waals surface area contributed by atoms with Gasteiger partial charge in [-0.15, -0.1) is 0 Å². The van der Waals surface area contributed by atoms with Crippen LogP contribution < -0.4 is 10.2 Å². The number of amides is 1. The summed E-state index contributed by atoms with van der Waals surface area (Å²) >= 11 is 0. The number of para-hydroxylation sites is 2. The SMILES string of the molecule is CCOC(=O)C1=C(Nc2ccccc2)C(=O)N(c2ccccc2)C1c1ccccc1. The van der Waals surface area contributed by atoms with Gasteiger partial charge >= 0.3 is 5.97 Å². The molecule has 1 aliphatic heterocycles. The first-order chi connectivity index (χ1) is 14.7. The van der Waals surface area contributed by atoms with Crippen molar-refractivity contribution in [3.8, 4) is 0 Å². The fourth-order valence-electron chi connectivity index (χ4n) is 3.63. The van der Waals surface area contributed by atoms with Gasteiger partial charge < -0.3 is 10.1 Å². The predicted octanol–water partition coefficient (Wildman–Crippen LogP) is 4.70. The van der Waals surface area contributed by atoms with Gasteiger partial charge in [0.15, 0.2) is 0 Å². The Morgan fingerprint density at radius 2 is 1.47 bits per heavy atom. The number of hydrogen-bond acceptors (Lipinski definition) is 4. The fraction of sp³-hybridized carbons (Fsp3) is 0.120. The van der Waals surface area contributed by atoms with Gasteiger partial charge in [0.05, 0.1) is 18.2 Å². The molecule has 0 radical (unpaired) electrons. The van der Waals surface area contributed by atoms with E-state index in [-0.39, 0.29) is 18.2 Å². The van der Waals surface area contributed by atoms with Crippen molar-refractivity contribution in [1.29, 1.82) is 0 Å². The molecule has 0 bridgehead atoms. The number of ether oxygens (including phenoxy) is 1. The third-order valence-electron chi connectivity index (χ3n) is 4.92. The predicted molar refractivity (Wildman–Crippen MR) is 117 cm³/mol. The first-order valence-corrected chi connectivity index (χ1v) is 9.87. The van der Waals surface area contributed by atoms with Crippen LogP contribution in [0, 0.1) is 0 Å². The zero-order valence-corrected chi connectivity index (χ0v) is 16.6. The third kappa shape index (κ3) is 3.70. The van der Waals surface area contributed by atoms with Crippen molar-refractivity contribution in [1.82, 2.24) is 0 Å². The summed E-state index contributed by atoms with van der Waals surface area (Å²) in [4.78, 5) is 28.3. The van der Waals surface area contributed by atoms with E-state index in [0.29, 0.717) is 11.3 Å². The number of nitrogens with zero attached hydrogens (tertiary/aromatic N) is 1. The average Bonchev–Trinajstić information content (AvgIpc) is 3.08. The highest BCUT2D eigenvalue weighted by molar-refractivity contribution is 6.17. The van der Waals surface area contributed by atoms with Gasteiger partial charge in [-0.05, 0) is 36.8 Å². The first kappa shape index (κ1) is 19.5. The summed E-state index contributed by atoms with van der Waals surface area (Å²) in [5.74, 6) is -0.779. The summed E-state index contributed by atoms with van der Waals surface area (Å²) in [6.07, 6.45) is 0. The molecule has 3 aromatic rings. The van der Waals surface area contributed by atoms with E-state index in [0.717, 1.165) is 11.3 Å². The van der Waals surface area contributed by atoms with Gasteiger partial charge in [0.1, 0.15) is 5.70 Å². The van der Waals surface area contributed by atoms with Crippen LogP contribution in [0.5, 0.6) is 0 Å². The van der Waals surface area contributed by atoms with Crippen molar-refractivity contribution in [3.05, 3.63) is 108 Å². The molecule has 5 heteroatoms. The van der Waals surface area contributed by atoms with Crippen molar-refractivity contribution >= 4 is 23.3 Å². The number of anilines is 2. The average molecular weight is 398 g/mol. The Labute approximate surface area is 175 Å². The molecule has 5 nitrogen and oxygen atoms in total. The molecule has 1 heterocycles. The number of carbonyl (C=O) groups is 2. The highest BCUT2D eigenvalue weighted by Gasteiger charge is 2.45. The molecular formula is C25H22N2O3. The maximum atomic E-state index is 13.6. The van der Waals surface area contributed by atoms with Gasteiger partial charge in [-0.3, -0.25) is 9.69 Å². The summed E-state index contributed by atoms with van der Waals surface area (Å²) in [7, 11) is 0. The quantitative estimate of drug-likeness (QED) is 0.611. The molecule has 0 aliphatic carbocycles. The normalized spacial score (nSPS) is 16.0. The van der Waals surface area contributed by atoms with Crippen LogP contribution in [0.25, 0.3) is 0 Å². The Balaban J connectivity index is 1.89. The number of benzene rings is 3. The lowest BCUT2D eigenvalue weighted by molar-refractivity contribution is -0.138. The second-order valence-electron chi connectivity index (χ2n) is 6.82. The van der Waals surface area contributed by atoms with Crippen LogP contribution >= 0.6 is 0 Å². The second kappa shape index (κ2) is 8.66. The summed E-state index contributed by atoms with van der Waals surface area (Å²) in [6, 6.07) is 27.6. The molecule has 4 rings (SSSR count). The summed E-state index contributed by atoms with van der Waals surface area (Å²) < 4.78 is 5.36. The monoisotopic (exact) mass is 398 g/mol. The van der Waals surface area contributed by atoms with Crippen LogP contribution in [0.3, 0.4) is 0 Å². The highest BCUT2D eigenvalue weighted by atomic mass is 16.5. The van der Waals surface area contributed by atoms with Crippen molar-refractivity contribution in [2.75, 3.05) is 16.8 Å². The third-order valence-corrected chi connectivity index (χ3v) is 4.92. The summed E-state index contributed by atoms with van der Waals surface area (Å²) in [5.41, 5.74) is 2.81. The molecule has 1 unspecified atom stereocenters. The van der Waals surface area contributed by atoms with E-state index < -0.39 is 12.0 Å². The zero-order chi connectivity index (χ0) is 20.9. The Kier molecular flexibility index (Phi) is 5.61. The second-order valence-corrected chi connectivity index (χ2v) is 6.82. The van der Waals surface area contributed by atoms with E-state index >= 15 is 0 Å². The van der Waals surface area contributed by atoms with Gasteiger partial charge in [-0.2, -0.15) is 0 Å². The minimum atomic E-state index is -0.591. The van der Waals surface area contributed by atoms with Crippen LogP contribution in [0.4, 0.5) is 11.4 Å². The smallest absolute Gasteiger partial charge is 0.338 e. The van der Waals surface area contributed by atoms with E-state index in [1.165, 1.54) is 0 Å². The topological polar surface area (TPSA) is 58.6 Å². The fourth-order valence-corrected chi connectivity index (χ4v) is 3.63. The van der Waals surface area contributed by atoms with Crippen molar-refractivity contribution in [2.45, 2.75) is 13.0 Å². The molecule has 0 aromatic heterocycles. The Morgan fingerprint density at radius 3 is 2.07 bits per heavy atom. The molecule has 3 aromatic carbocycles. The number of hydrogen-bond donors (Lipinski definition) is 1. The van der Waals surface area contributed by atoms with Crippen LogP contribution in [0.2, 0.25) is 0 Å². The summed E-state index contributed by atoms with van der Waals surface area (Å²) in [5, 5.41) is 3.17. The van der Waals surface area contributed by atoms with Crippen LogP contribution in [0.15, 0.2) is 102 Å². The molecule has 0 saturated carbocycles. The molecular weight excluding hydrogens is 376 g/mol. The van der Waals surface area contributed by atoms with E-state index in [9.17, 15) is 9.59 Å². The van der Waals surface area contributed by atoms with Gasteiger partial charge in [0.25, 0.3) is 5.91 Å². The van der Waals surface area contributed by atoms with Crippen molar-refractivity contribution in [3.63, 3.8) is 0 Å². The molecule has 0 spiro atoms. The van der Waals surface area contributed by atoms with Gasteiger partial charge in [-0.25, -0.2) is 4.79 Å². The number of esters is 1. The molecule has 0 fully saturated rings. The molecule has 0 saturated heterocycles. The van der Waals surface area contributed by atoms with Gasteiger partial charge in [0.2, 0.25) is 0 Å². The lowest BCUT2D eigenvalue weighted by atomic mass is 9.98. The number of nitrogens with one attached hydrogen (secondary N) is 1. The standard InChI is InChI=1S/C25H22N2O3/c1-2-30-25(29)21-22(26-19-14-8-4-9-15-19)24(28)27(20-16-10-5-11-17-20)23(21)18-12-6-3-7-13-18/h3-17,23,26H,2H2,1H3. The maximum Gasteiger partial charge on any atom is 0.338 e. The minimum Gasteiger partial charge on any atom is -0.463 e. The largest absolute Gasteiger partial charge is 0.463 e. The van der Waals surface area contributed by atoms with Crippen molar-refractivity contribution in [2.24, 2.45) is 0 Å². The molecule has 1 N–H and O–H groups in total. The maximum absolute atomic E-state index is 13.6. The van der Waals surface area contributed by atoms with Crippen LogP contribution in [-0.4, -0.2) is 18.5 Å². The summed E-state index contributed by atoms with van der Waals surface area (Å²) in [6.45, 7) is 1.98. The van der Waals surface area contributed by atoms with E-state index in [4.69, 9.17) is 4.74 Å². The Hall–Kier alpha value is -3.86. The number of rotatable bonds is 6. The van der Waals surface area contributed by atoms with Crippen molar-refractivity contribution < 1.29 is 14.3 Å². The molecule has 30 heavy (non-hydrogen) atoms. The number of carbonyl (C=O) groups excluding carboxylic acids is 2. The minimum absolute atomic E-state index is 0.224. The van der Waals surface area contributed by atoms with Gasteiger partial charge in [-0.1, -0.05) is 66.7 Å².